The van der Waals surface area contributed by atoms with E-state index in [1.54, 1.807) is 0 Å². The minimum absolute atomic E-state index is 0.284. The summed E-state index contributed by atoms with van der Waals surface area (Å²) in [6.07, 6.45) is 14.2. The van der Waals surface area contributed by atoms with Crippen LogP contribution in [0.1, 0.15) is 13.3 Å². The smallest absolute Gasteiger partial charge is 0.324 e. The van der Waals surface area contributed by atoms with Gasteiger partial charge in [0.1, 0.15) is 0 Å². The summed E-state index contributed by atoms with van der Waals surface area (Å²) in [6.45, 7) is 0.183. The van der Waals surface area contributed by atoms with Crippen LogP contribution in [-0.4, -0.2) is 37.7 Å². The van der Waals surface area contributed by atoms with Crippen molar-refractivity contribution in [2.75, 3.05) is 19.8 Å². The number of hydrogen-bond acceptors (Lipinski definition) is 6. The maximum absolute atomic E-state index is 11.9. The number of ether oxygens (including phenoxy) is 3. The SMILES string of the molecule is C#CCOC(=O)CC(C)(C(=O)OCC#C)C(=O)OCC#C. The van der Waals surface area contributed by atoms with E-state index < -0.39 is 29.7 Å². The standard InChI is InChI=1S/C15H14O6/c1-5-8-19-12(16)11-15(4,13(17)20-9-6-2)14(18)21-10-7-3/h1-3H,8-11H2,4H3. The van der Waals surface area contributed by atoms with Crippen LogP contribution >= 0.6 is 0 Å². The third-order valence-electron chi connectivity index (χ3n) is 2.29. The zero-order valence-electron chi connectivity index (χ0n) is 11.5. The number of terminal acetylenes is 3. The average Bonchev–Trinajstić information content (AvgIpc) is 2.47. The first-order chi connectivity index (χ1) is 9.92. The maximum Gasteiger partial charge on any atom is 0.324 e. The summed E-state index contributed by atoms with van der Waals surface area (Å²) in [6, 6.07) is 0. The van der Waals surface area contributed by atoms with Gasteiger partial charge < -0.3 is 14.2 Å². The van der Waals surface area contributed by atoms with Crippen molar-refractivity contribution in [1.29, 1.82) is 0 Å². The first kappa shape index (κ1) is 18.1. The number of esters is 3. The molecule has 0 saturated heterocycles. The van der Waals surface area contributed by atoms with Crippen molar-refractivity contribution >= 4 is 17.9 Å². The minimum Gasteiger partial charge on any atom is -0.452 e. The third kappa shape index (κ3) is 5.72. The second-order valence-electron chi connectivity index (χ2n) is 3.93. The van der Waals surface area contributed by atoms with E-state index in [0.29, 0.717) is 0 Å². The van der Waals surface area contributed by atoms with Crippen molar-refractivity contribution in [3.05, 3.63) is 0 Å². The summed E-state index contributed by atoms with van der Waals surface area (Å²) in [5, 5.41) is 0. The highest BCUT2D eigenvalue weighted by molar-refractivity contribution is 6.02. The molecule has 0 aliphatic carbocycles. The van der Waals surface area contributed by atoms with Gasteiger partial charge in [0, 0.05) is 0 Å². The molecule has 0 aliphatic rings. The predicted molar refractivity (Wildman–Crippen MR) is 72.1 cm³/mol. The average molecular weight is 290 g/mol. The lowest BCUT2D eigenvalue weighted by atomic mass is 9.87. The first-order valence-electron chi connectivity index (χ1n) is 5.72. The van der Waals surface area contributed by atoms with Crippen LogP contribution in [0.2, 0.25) is 0 Å². The molecule has 0 atom stereocenters. The van der Waals surface area contributed by atoms with Crippen molar-refractivity contribution in [2.24, 2.45) is 5.41 Å². The summed E-state index contributed by atoms with van der Waals surface area (Å²) in [5.74, 6) is 3.34. The van der Waals surface area contributed by atoms with Crippen molar-refractivity contribution in [2.45, 2.75) is 13.3 Å². The lowest BCUT2D eigenvalue weighted by Gasteiger charge is -2.23. The summed E-state index contributed by atoms with van der Waals surface area (Å²) >= 11 is 0. The lowest BCUT2D eigenvalue weighted by Crippen LogP contribution is -2.41. The monoisotopic (exact) mass is 290 g/mol. The number of carbonyl (C=O) groups is 3. The molecule has 0 bridgehead atoms. The molecule has 110 valence electrons. The Morgan fingerprint density at radius 2 is 1.24 bits per heavy atom. The van der Waals surface area contributed by atoms with Gasteiger partial charge in [-0.25, -0.2) is 0 Å². The Morgan fingerprint density at radius 1 is 0.857 bits per heavy atom. The van der Waals surface area contributed by atoms with Gasteiger partial charge in [-0.05, 0) is 6.92 Å². The fourth-order valence-electron chi connectivity index (χ4n) is 1.22. The van der Waals surface area contributed by atoms with Crippen LogP contribution in [0.3, 0.4) is 0 Å². The predicted octanol–water partition coefficient (Wildman–Crippen LogP) is -0.0880. The molecule has 6 nitrogen and oxygen atoms in total. The number of rotatable bonds is 7. The van der Waals surface area contributed by atoms with Crippen molar-refractivity contribution < 1.29 is 28.6 Å². The molecule has 0 rings (SSSR count). The quantitative estimate of drug-likeness (QED) is 0.282. The Labute approximate surface area is 123 Å². The molecular formula is C15H14O6. The first-order valence-corrected chi connectivity index (χ1v) is 5.72. The summed E-state index contributed by atoms with van der Waals surface area (Å²) in [4.78, 5) is 35.4. The number of hydrogen-bond donors (Lipinski definition) is 0. The molecule has 0 aromatic heterocycles. The van der Waals surface area contributed by atoms with Crippen molar-refractivity contribution in [1.82, 2.24) is 0 Å². The van der Waals surface area contributed by atoms with Gasteiger partial charge in [0.2, 0.25) is 0 Å². The summed E-state index contributed by atoms with van der Waals surface area (Å²) < 4.78 is 14.0. The van der Waals surface area contributed by atoms with Crippen molar-refractivity contribution in [3.63, 3.8) is 0 Å². The zero-order chi connectivity index (χ0) is 16.3. The highest BCUT2D eigenvalue weighted by Crippen LogP contribution is 2.26. The topological polar surface area (TPSA) is 78.9 Å². The van der Waals surface area contributed by atoms with Gasteiger partial charge in [0.25, 0.3) is 0 Å². The normalized spacial score (nSPS) is 9.43. The van der Waals surface area contributed by atoms with Crippen LogP contribution in [0.15, 0.2) is 0 Å². The Balaban J connectivity index is 5.08. The van der Waals surface area contributed by atoms with Crippen LogP contribution < -0.4 is 0 Å². The van der Waals surface area contributed by atoms with Gasteiger partial charge in [0.05, 0.1) is 6.42 Å². The fourth-order valence-corrected chi connectivity index (χ4v) is 1.22. The lowest BCUT2D eigenvalue weighted by molar-refractivity contribution is -0.174. The Hall–Kier alpha value is -2.91. The zero-order valence-corrected chi connectivity index (χ0v) is 11.5. The molecule has 0 amide bonds. The summed E-state index contributed by atoms with van der Waals surface area (Å²) in [7, 11) is 0. The Kier molecular flexibility index (Phi) is 7.81. The molecule has 6 heteroatoms. The van der Waals surface area contributed by atoms with Crippen LogP contribution in [0.5, 0.6) is 0 Å². The fraction of sp³-hybridized carbons (Fsp3) is 0.400. The molecule has 0 saturated carbocycles. The van der Waals surface area contributed by atoms with E-state index in [0.717, 1.165) is 0 Å². The molecule has 0 heterocycles. The van der Waals surface area contributed by atoms with Crippen LogP contribution in [-0.2, 0) is 28.6 Å². The molecule has 0 spiro atoms. The van der Waals surface area contributed by atoms with Crippen LogP contribution in [0.25, 0.3) is 0 Å². The maximum atomic E-state index is 11.9. The van der Waals surface area contributed by atoms with Crippen LogP contribution in [0.4, 0.5) is 0 Å². The van der Waals surface area contributed by atoms with Gasteiger partial charge in [-0.1, -0.05) is 17.8 Å². The molecule has 0 unspecified atom stereocenters. The second kappa shape index (κ2) is 9.07. The Morgan fingerprint density at radius 3 is 1.62 bits per heavy atom. The van der Waals surface area contributed by atoms with Crippen molar-refractivity contribution in [3.8, 4) is 37.0 Å². The molecule has 0 aromatic rings. The minimum atomic E-state index is -1.92. The Bertz CT molecular complexity index is 496. The molecule has 0 radical (unpaired) electrons. The largest absolute Gasteiger partial charge is 0.452 e. The van der Waals surface area contributed by atoms with Gasteiger partial charge in [0.15, 0.2) is 25.2 Å². The molecule has 0 N–H and O–H groups in total. The van der Waals surface area contributed by atoms with E-state index in [-0.39, 0.29) is 19.8 Å². The van der Waals surface area contributed by atoms with E-state index >= 15 is 0 Å². The van der Waals surface area contributed by atoms with Gasteiger partial charge in [-0.2, -0.15) is 0 Å². The molecule has 21 heavy (non-hydrogen) atoms. The van der Waals surface area contributed by atoms with E-state index in [1.807, 2.05) is 0 Å². The van der Waals surface area contributed by atoms with Gasteiger partial charge in [-0.3, -0.25) is 14.4 Å². The highest BCUT2D eigenvalue weighted by Gasteiger charge is 2.46. The van der Waals surface area contributed by atoms with E-state index in [4.69, 9.17) is 19.3 Å². The third-order valence-corrected chi connectivity index (χ3v) is 2.29. The van der Waals surface area contributed by atoms with Crippen LogP contribution in [0, 0.1) is 42.4 Å². The summed E-state index contributed by atoms with van der Waals surface area (Å²) in [5.41, 5.74) is -1.92. The van der Waals surface area contributed by atoms with E-state index in [1.165, 1.54) is 6.92 Å². The molecule has 0 aliphatic heterocycles. The van der Waals surface area contributed by atoms with Gasteiger partial charge in [-0.15, -0.1) is 19.3 Å². The molecule has 0 aromatic carbocycles. The van der Waals surface area contributed by atoms with Gasteiger partial charge >= 0.3 is 17.9 Å². The highest BCUT2D eigenvalue weighted by atomic mass is 16.6. The second-order valence-corrected chi connectivity index (χ2v) is 3.93. The van der Waals surface area contributed by atoms with E-state index in [2.05, 4.69) is 32.0 Å². The number of carbonyl (C=O) groups excluding carboxylic acids is 3. The van der Waals surface area contributed by atoms with E-state index in [9.17, 15) is 14.4 Å². The molecular weight excluding hydrogens is 276 g/mol. The molecule has 0 fully saturated rings.